The van der Waals surface area contributed by atoms with Gasteiger partial charge in [-0.1, -0.05) is 0 Å². The summed E-state index contributed by atoms with van der Waals surface area (Å²) < 4.78 is 5.35. The zero-order chi connectivity index (χ0) is 13.7. The molecule has 0 bridgehead atoms. The maximum absolute atomic E-state index is 10.7. The van der Waals surface area contributed by atoms with Gasteiger partial charge in [0.15, 0.2) is 0 Å². The molecule has 19 heavy (non-hydrogen) atoms. The molecular weight excluding hydrogens is 240 g/mol. The molecule has 1 fully saturated rings. The zero-order valence-electron chi connectivity index (χ0n) is 11.1. The number of carbonyl (C=O) groups excluding carboxylic acids is 1. The molecule has 2 rings (SSSR count). The number of nitriles is 1. The van der Waals surface area contributed by atoms with E-state index in [9.17, 15) is 10.1 Å². The van der Waals surface area contributed by atoms with Gasteiger partial charge in [-0.15, -0.1) is 0 Å². The Morgan fingerprint density at radius 1 is 1.47 bits per heavy atom. The van der Waals surface area contributed by atoms with Crippen LogP contribution in [0.2, 0.25) is 0 Å². The van der Waals surface area contributed by atoms with Crippen LogP contribution in [0.4, 0.5) is 5.69 Å². The summed E-state index contributed by atoms with van der Waals surface area (Å²) in [5.74, 6) is 0.607. The van der Waals surface area contributed by atoms with Crippen LogP contribution in [-0.2, 0) is 4.74 Å². The van der Waals surface area contributed by atoms with Crippen LogP contribution in [0.5, 0.6) is 0 Å². The second-order valence-corrected chi connectivity index (χ2v) is 4.94. The Bertz CT molecular complexity index is 487. The van der Waals surface area contributed by atoms with Crippen molar-refractivity contribution in [1.82, 2.24) is 0 Å². The van der Waals surface area contributed by atoms with Crippen LogP contribution < -0.4 is 4.90 Å². The lowest BCUT2D eigenvalue weighted by atomic mass is 9.99. The molecule has 100 valence electrons. The molecule has 0 saturated carbocycles. The van der Waals surface area contributed by atoms with Crippen LogP contribution in [-0.4, -0.2) is 33.1 Å². The first-order chi connectivity index (χ1) is 9.24. The summed E-state index contributed by atoms with van der Waals surface area (Å²) in [5.41, 5.74) is 1.98. The SMILES string of the molecule is CN(CC1CCOCC1)c1ccc(C=O)cc1C#N. The highest BCUT2D eigenvalue weighted by Crippen LogP contribution is 2.23. The van der Waals surface area contributed by atoms with Gasteiger partial charge in [0, 0.05) is 32.4 Å². The van der Waals surface area contributed by atoms with Crippen molar-refractivity contribution in [3.8, 4) is 6.07 Å². The summed E-state index contributed by atoms with van der Waals surface area (Å²) in [7, 11) is 1.99. The maximum Gasteiger partial charge on any atom is 0.150 e. The van der Waals surface area contributed by atoms with Gasteiger partial charge in [0.1, 0.15) is 12.4 Å². The first kappa shape index (κ1) is 13.6. The molecule has 1 aliphatic heterocycles. The van der Waals surface area contributed by atoms with Crippen LogP contribution in [0.15, 0.2) is 18.2 Å². The van der Waals surface area contributed by atoms with Crippen molar-refractivity contribution < 1.29 is 9.53 Å². The number of benzene rings is 1. The molecule has 0 spiro atoms. The zero-order valence-corrected chi connectivity index (χ0v) is 11.1. The van der Waals surface area contributed by atoms with Crippen molar-refractivity contribution in [3.63, 3.8) is 0 Å². The molecule has 4 heteroatoms. The van der Waals surface area contributed by atoms with Gasteiger partial charge in [0.05, 0.1) is 11.3 Å². The summed E-state index contributed by atoms with van der Waals surface area (Å²) in [5, 5.41) is 9.18. The van der Waals surface area contributed by atoms with E-state index in [0.717, 1.165) is 44.6 Å². The Balaban J connectivity index is 2.11. The lowest BCUT2D eigenvalue weighted by molar-refractivity contribution is 0.0685. The van der Waals surface area contributed by atoms with Crippen molar-refractivity contribution >= 4 is 12.0 Å². The Kier molecular flexibility index (Phi) is 4.53. The molecule has 0 aromatic heterocycles. The molecule has 0 unspecified atom stereocenters. The highest BCUT2D eigenvalue weighted by molar-refractivity contribution is 5.78. The van der Waals surface area contributed by atoms with E-state index < -0.39 is 0 Å². The lowest BCUT2D eigenvalue weighted by Crippen LogP contribution is -2.30. The third-order valence-electron chi connectivity index (χ3n) is 3.56. The van der Waals surface area contributed by atoms with Crippen LogP contribution in [0.3, 0.4) is 0 Å². The molecule has 0 N–H and O–H groups in total. The second-order valence-electron chi connectivity index (χ2n) is 4.94. The van der Waals surface area contributed by atoms with Crippen LogP contribution in [0.25, 0.3) is 0 Å². The second kappa shape index (κ2) is 6.35. The highest BCUT2D eigenvalue weighted by atomic mass is 16.5. The predicted molar refractivity (Wildman–Crippen MR) is 73.4 cm³/mol. The minimum absolute atomic E-state index is 0.541. The molecule has 0 radical (unpaired) electrons. The monoisotopic (exact) mass is 258 g/mol. The van der Waals surface area contributed by atoms with Crippen LogP contribution >= 0.6 is 0 Å². The third-order valence-corrected chi connectivity index (χ3v) is 3.56. The Labute approximate surface area is 113 Å². The fourth-order valence-electron chi connectivity index (χ4n) is 2.46. The first-order valence-corrected chi connectivity index (χ1v) is 6.53. The van der Waals surface area contributed by atoms with Gasteiger partial charge in [-0.3, -0.25) is 4.79 Å². The molecule has 1 aliphatic rings. The normalized spacial score (nSPS) is 15.8. The fraction of sp³-hybridized carbons (Fsp3) is 0.467. The molecule has 1 saturated heterocycles. The van der Waals surface area contributed by atoms with E-state index in [4.69, 9.17) is 4.74 Å². The average Bonchev–Trinajstić information content (AvgIpc) is 2.47. The fourth-order valence-corrected chi connectivity index (χ4v) is 2.46. The van der Waals surface area contributed by atoms with Crippen molar-refractivity contribution in [2.75, 3.05) is 31.7 Å². The van der Waals surface area contributed by atoms with Crippen molar-refractivity contribution in [2.45, 2.75) is 12.8 Å². The van der Waals surface area contributed by atoms with E-state index in [-0.39, 0.29) is 0 Å². The Morgan fingerprint density at radius 3 is 2.84 bits per heavy atom. The van der Waals surface area contributed by atoms with Crippen molar-refractivity contribution in [2.24, 2.45) is 5.92 Å². The van der Waals surface area contributed by atoms with E-state index in [2.05, 4.69) is 11.0 Å². The summed E-state index contributed by atoms with van der Waals surface area (Å²) in [6.45, 7) is 2.57. The maximum atomic E-state index is 10.7. The largest absolute Gasteiger partial charge is 0.381 e. The number of aldehydes is 1. The number of anilines is 1. The predicted octanol–water partition coefficient (Wildman–Crippen LogP) is 2.23. The highest BCUT2D eigenvalue weighted by Gasteiger charge is 2.17. The molecule has 1 aromatic rings. The van der Waals surface area contributed by atoms with E-state index in [1.165, 1.54) is 0 Å². The van der Waals surface area contributed by atoms with E-state index in [1.807, 2.05) is 13.1 Å². The van der Waals surface area contributed by atoms with Gasteiger partial charge in [-0.25, -0.2) is 0 Å². The van der Waals surface area contributed by atoms with E-state index >= 15 is 0 Å². The van der Waals surface area contributed by atoms with Crippen molar-refractivity contribution in [1.29, 1.82) is 5.26 Å². The van der Waals surface area contributed by atoms with Gasteiger partial charge in [-0.2, -0.15) is 5.26 Å². The lowest BCUT2D eigenvalue weighted by Gasteiger charge is -2.29. The summed E-state index contributed by atoms with van der Waals surface area (Å²) in [6.07, 6.45) is 2.90. The molecule has 0 atom stereocenters. The molecule has 1 heterocycles. The summed E-state index contributed by atoms with van der Waals surface area (Å²) in [6, 6.07) is 7.41. The van der Waals surface area contributed by atoms with Crippen LogP contribution in [0.1, 0.15) is 28.8 Å². The van der Waals surface area contributed by atoms with Crippen molar-refractivity contribution in [3.05, 3.63) is 29.3 Å². The van der Waals surface area contributed by atoms with E-state index in [1.54, 1.807) is 12.1 Å². The van der Waals surface area contributed by atoms with Gasteiger partial charge >= 0.3 is 0 Å². The standard InChI is InChI=1S/C15H18N2O2/c1-17(10-12-4-6-19-7-5-12)15-3-2-13(11-18)8-14(15)9-16/h2-3,8,11-12H,4-7,10H2,1H3. The topological polar surface area (TPSA) is 53.3 Å². The molecule has 4 nitrogen and oxygen atoms in total. The number of hydrogen-bond donors (Lipinski definition) is 0. The smallest absolute Gasteiger partial charge is 0.150 e. The van der Waals surface area contributed by atoms with Crippen LogP contribution in [0, 0.1) is 17.2 Å². The molecule has 1 aromatic carbocycles. The number of carbonyl (C=O) groups is 1. The van der Waals surface area contributed by atoms with Gasteiger partial charge < -0.3 is 9.64 Å². The number of ether oxygens (including phenoxy) is 1. The molecule has 0 amide bonds. The molecule has 0 aliphatic carbocycles. The average molecular weight is 258 g/mol. The Morgan fingerprint density at radius 2 is 2.21 bits per heavy atom. The van der Waals surface area contributed by atoms with Gasteiger partial charge in [-0.05, 0) is 37.0 Å². The van der Waals surface area contributed by atoms with E-state index in [0.29, 0.717) is 17.0 Å². The summed E-state index contributed by atoms with van der Waals surface area (Å²) >= 11 is 0. The first-order valence-electron chi connectivity index (χ1n) is 6.53. The third kappa shape index (κ3) is 3.33. The minimum atomic E-state index is 0.541. The Hall–Kier alpha value is -1.86. The van der Waals surface area contributed by atoms with Gasteiger partial charge in [0.25, 0.3) is 0 Å². The summed E-state index contributed by atoms with van der Waals surface area (Å²) in [4.78, 5) is 12.8. The number of nitrogens with zero attached hydrogens (tertiary/aromatic N) is 2. The minimum Gasteiger partial charge on any atom is -0.381 e. The molecular formula is C15H18N2O2. The number of hydrogen-bond acceptors (Lipinski definition) is 4. The van der Waals surface area contributed by atoms with Gasteiger partial charge in [0.2, 0.25) is 0 Å². The quantitative estimate of drug-likeness (QED) is 0.777. The number of rotatable bonds is 4.